The van der Waals surface area contributed by atoms with Gasteiger partial charge in [-0.1, -0.05) is 60.2 Å². The Morgan fingerprint density at radius 1 is 0.821 bits per heavy atom. The molecule has 0 heterocycles. The molecule has 0 spiro atoms. The highest BCUT2D eigenvalue weighted by Gasteiger charge is 2.09. The third-order valence-corrected chi connectivity index (χ3v) is 4.83. The fraction of sp³-hybridized carbons (Fsp3) is 0.120. The van der Waals surface area contributed by atoms with Gasteiger partial charge < -0.3 is 10.1 Å². The number of aryl methyl sites for hydroxylation is 1. The van der Waals surface area contributed by atoms with E-state index in [1.807, 2.05) is 18.2 Å². The predicted octanol–water partition coefficient (Wildman–Crippen LogP) is 6.48. The lowest BCUT2D eigenvalue weighted by Gasteiger charge is -2.16. The molecule has 0 unspecified atom stereocenters. The summed E-state index contributed by atoms with van der Waals surface area (Å²) in [5.41, 5.74) is 4.36. The Morgan fingerprint density at radius 3 is 2.36 bits per heavy atom. The summed E-state index contributed by atoms with van der Waals surface area (Å²) in [5, 5.41) is 5.84. The molecular formula is C25H22FNO. The van der Waals surface area contributed by atoms with E-state index in [2.05, 4.69) is 54.7 Å². The second-order valence-electron chi connectivity index (χ2n) is 6.90. The van der Waals surface area contributed by atoms with Crippen LogP contribution in [0.3, 0.4) is 0 Å². The molecule has 140 valence electrons. The fourth-order valence-electron chi connectivity index (χ4n) is 3.24. The molecule has 0 saturated carbocycles. The van der Waals surface area contributed by atoms with E-state index in [9.17, 15) is 4.39 Å². The van der Waals surface area contributed by atoms with Gasteiger partial charge in [0, 0.05) is 17.8 Å². The number of hydrogen-bond acceptors (Lipinski definition) is 2. The summed E-state index contributed by atoms with van der Waals surface area (Å²) >= 11 is 0. The second-order valence-corrected chi connectivity index (χ2v) is 6.90. The Morgan fingerprint density at radius 2 is 1.57 bits per heavy atom. The summed E-state index contributed by atoms with van der Waals surface area (Å²) in [4.78, 5) is 0. The predicted molar refractivity (Wildman–Crippen MR) is 113 cm³/mol. The van der Waals surface area contributed by atoms with E-state index < -0.39 is 0 Å². The molecular weight excluding hydrogens is 349 g/mol. The highest BCUT2D eigenvalue weighted by Crippen LogP contribution is 2.29. The number of benzene rings is 4. The van der Waals surface area contributed by atoms with Crippen molar-refractivity contribution in [2.24, 2.45) is 0 Å². The Labute approximate surface area is 164 Å². The third kappa shape index (κ3) is 4.15. The molecule has 0 aliphatic carbocycles. The number of hydrogen-bond donors (Lipinski definition) is 1. The standard InChI is InChI=1S/C25H22FNO/c1-18-6-13-22(14-7-18)27-16-24-23-5-3-2-4-20(23)10-15-25(24)28-17-19-8-11-21(26)12-9-19/h2-15,27H,16-17H2,1H3. The van der Waals surface area contributed by atoms with Crippen LogP contribution in [0.5, 0.6) is 5.75 Å². The van der Waals surface area contributed by atoms with Crippen LogP contribution in [0, 0.1) is 12.7 Å². The normalized spacial score (nSPS) is 10.8. The number of rotatable bonds is 6. The van der Waals surface area contributed by atoms with Gasteiger partial charge in [-0.25, -0.2) is 4.39 Å². The molecule has 1 N–H and O–H groups in total. The van der Waals surface area contributed by atoms with Gasteiger partial charge in [0.05, 0.1) is 0 Å². The van der Waals surface area contributed by atoms with E-state index in [1.165, 1.54) is 28.5 Å². The summed E-state index contributed by atoms with van der Waals surface area (Å²) in [6, 6.07) is 27.2. The molecule has 0 aromatic heterocycles. The van der Waals surface area contributed by atoms with Gasteiger partial charge >= 0.3 is 0 Å². The Bertz CT molecular complexity index is 1070. The van der Waals surface area contributed by atoms with Crippen LogP contribution >= 0.6 is 0 Å². The Kier molecular flexibility index (Phi) is 5.24. The van der Waals surface area contributed by atoms with E-state index >= 15 is 0 Å². The van der Waals surface area contributed by atoms with Crippen molar-refractivity contribution in [3.63, 3.8) is 0 Å². The van der Waals surface area contributed by atoms with Gasteiger partial charge in [0.15, 0.2) is 0 Å². The topological polar surface area (TPSA) is 21.3 Å². The smallest absolute Gasteiger partial charge is 0.125 e. The molecule has 0 amide bonds. The van der Waals surface area contributed by atoms with E-state index in [-0.39, 0.29) is 5.82 Å². The Balaban J connectivity index is 1.60. The maximum absolute atomic E-state index is 13.1. The largest absolute Gasteiger partial charge is 0.489 e. The zero-order chi connectivity index (χ0) is 19.3. The molecule has 0 aliphatic rings. The van der Waals surface area contributed by atoms with Crippen LogP contribution in [0.4, 0.5) is 10.1 Å². The maximum atomic E-state index is 13.1. The molecule has 3 heteroatoms. The molecule has 0 bridgehead atoms. The highest BCUT2D eigenvalue weighted by atomic mass is 19.1. The van der Waals surface area contributed by atoms with Crippen LogP contribution < -0.4 is 10.1 Å². The molecule has 0 atom stereocenters. The first-order valence-electron chi connectivity index (χ1n) is 9.37. The monoisotopic (exact) mass is 371 g/mol. The average molecular weight is 371 g/mol. The number of fused-ring (bicyclic) bond motifs is 1. The van der Waals surface area contributed by atoms with Crippen molar-refractivity contribution >= 4 is 16.5 Å². The van der Waals surface area contributed by atoms with Gasteiger partial charge in [0.2, 0.25) is 0 Å². The number of nitrogens with one attached hydrogen (secondary N) is 1. The quantitative estimate of drug-likeness (QED) is 0.419. The van der Waals surface area contributed by atoms with E-state index in [0.717, 1.165) is 22.6 Å². The van der Waals surface area contributed by atoms with Gasteiger partial charge in [-0.05, 0) is 53.6 Å². The van der Waals surface area contributed by atoms with Gasteiger partial charge in [0.25, 0.3) is 0 Å². The summed E-state index contributed by atoms with van der Waals surface area (Å²) in [6.45, 7) is 3.13. The van der Waals surface area contributed by atoms with Gasteiger partial charge in [-0.15, -0.1) is 0 Å². The minimum atomic E-state index is -0.238. The molecule has 4 aromatic carbocycles. The van der Waals surface area contributed by atoms with Crippen LogP contribution in [0.25, 0.3) is 10.8 Å². The third-order valence-electron chi connectivity index (χ3n) is 4.83. The van der Waals surface area contributed by atoms with Crippen LogP contribution in [0.1, 0.15) is 16.7 Å². The van der Waals surface area contributed by atoms with Gasteiger partial charge in [-0.2, -0.15) is 0 Å². The van der Waals surface area contributed by atoms with Gasteiger partial charge in [0.1, 0.15) is 18.2 Å². The van der Waals surface area contributed by atoms with Crippen molar-refractivity contribution in [3.8, 4) is 5.75 Å². The molecule has 0 fully saturated rings. The summed E-state index contributed by atoms with van der Waals surface area (Å²) in [7, 11) is 0. The van der Waals surface area contributed by atoms with Crippen LogP contribution in [0.15, 0.2) is 84.9 Å². The first-order valence-corrected chi connectivity index (χ1v) is 9.37. The average Bonchev–Trinajstić information content (AvgIpc) is 2.73. The van der Waals surface area contributed by atoms with Crippen molar-refractivity contribution in [3.05, 3.63) is 107 Å². The molecule has 0 radical (unpaired) electrons. The molecule has 4 aromatic rings. The van der Waals surface area contributed by atoms with Gasteiger partial charge in [-0.3, -0.25) is 0 Å². The lowest BCUT2D eigenvalue weighted by atomic mass is 10.0. The zero-order valence-electron chi connectivity index (χ0n) is 15.8. The van der Waals surface area contributed by atoms with E-state index in [4.69, 9.17) is 4.74 Å². The molecule has 0 saturated heterocycles. The van der Waals surface area contributed by atoms with E-state index in [0.29, 0.717) is 13.2 Å². The van der Waals surface area contributed by atoms with Crippen LogP contribution in [-0.2, 0) is 13.2 Å². The van der Waals surface area contributed by atoms with E-state index in [1.54, 1.807) is 12.1 Å². The minimum Gasteiger partial charge on any atom is -0.489 e. The van der Waals surface area contributed by atoms with Crippen molar-refractivity contribution < 1.29 is 9.13 Å². The van der Waals surface area contributed by atoms with Crippen molar-refractivity contribution in [2.75, 3.05) is 5.32 Å². The van der Waals surface area contributed by atoms with Crippen molar-refractivity contribution in [1.29, 1.82) is 0 Å². The van der Waals surface area contributed by atoms with Crippen LogP contribution in [-0.4, -0.2) is 0 Å². The zero-order valence-corrected chi connectivity index (χ0v) is 15.8. The minimum absolute atomic E-state index is 0.238. The number of halogens is 1. The highest BCUT2D eigenvalue weighted by molar-refractivity contribution is 5.88. The summed E-state index contributed by atoms with van der Waals surface area (Å²) in [6.07, 6.45) is 0. The lowest BCUT2D eigenvalue weighted by Crippen LogP contribution is -2.05. The SMILES string of the molecule is Cc1ccc(NCc2c(OCc3ccc(F)cc3)ccc3ccccc23)cc1. The Hall–Kier alpha value is -3.33. The first kappa shape index (κ1) is 18.1. The maximum Gasteiger partial charge on any atom is 0.125 e. The molecule has 4 rings (SSSR count). The first-order chi connectivity index (χ1) is 13.7. The molecule has 28 heavy (non-hydrogen) atoms. The summed E-state index contributed by atoms with van der Waals surface area (Å²) < 4.78 is 19.2. The number of ether oxygens (including phenoxy) is 1. The fourth-order valence-corrected chi connectivity index (χ4v) is 3.24. The lowest BCUT2D eigenvalue weighted by molar-refractivity contribution is 0.303. The van der Waals surface area contributed by atoms with Crippen molar-refractivity contribution in [1.82, 2.24) is 0 Å². The molecule has 0 aliphatic heterocycles. The number of anilines is 1. The second kappa shape index (κ2) is 8.13. The summed E-state index contributed by atoms with van der Waals surface area (Å²) in [5.74, 6) is 0.597. The van der Waals surface area contributed by atoms with Crippen molar-refractivity contribution in [2.45, 2.75) is 20.1 Å². The van der Waals surface area contributed by atoms with Crippen LogP contribution in [0.2, 0.25) is 0 Å². The molecule has 2 nitrogen and oxygen atoms in total.